The largest absolute Gasteiger partial charge is 0.508 e. The summed E-state index contributed by atoms with van der Waals surface area (Å²) in [5.41, 5.74) is 2.34. The van der Waals surface area contributed by atoms with Crippen LogP contribution in [0.1, 0.15) is 43.8 Å². The summed E-state index contributed by atoms with van der Waals surface area (Å²) in [6.45, 7) is 0.384. The summed E-state index contributed by atoms with van der Waals surface area (Å²) in [5.74, 6) is 2.94. The van der Waals surface area contributed by atoms with Gasteiger partial charge in [0.1, 0.15) is 18.1 Å². The van der Waals surface area contributed by atoms with Gasteiger partial charge in [-0.2, -0.15) is 0 Å². The fourth-order valence-electron chi connectivity index (χ4n) is 5.71. The number of ether oxygens (including phenoxy) is 2. The van der Waals surface area contributed by atoms with Gasteiger partial charge in [-0.15, -0.1) is 11.6 Å². The number of alkyl halides is 1. The van der Waals surface area contributed by atoms with Crippen LogP contribution < -0.4 is 4.74 Å². The molecule has 0 saturated heterocycles. The Kier molecular flexibility index (Phi) is 4.95. The van der Waals surface area contributed by atoms with Gasteiger partial charge in [0.2, 0.25) is 0 Å². The van der Waals surface area contributed by atoms with Crippen molar-refractivity contribution in [1.82, 2.24) is 0 Å². The lowest BCUT2D eigenvalue weighted by molar-refractivity contribution is 0.0593. The van der Waals surface area contributed by atoms with Gasteiger partial charge in [-0.25, -0.2) is 0 Å². The summed E-state index contributed by atoms with van der Waals surface area (Å²) in [5, 5.41) is 9.93. The average molecular weight is 411 g/mol. The minimum atomic E-state index is -0.281. The topological polar surface area (TPSA) is 38.7 Å². The van der Waals surface area contributed by atoms with Crippen molar-refractivity contribution < 1.29 is 14.6 Å². The zero-order valence-corrected chi connectivity index (χ0v) is 17.2. The van der Waals surface area contributed by atoms with Crippen LogP contribution in [-0.4, -0.2) is 16.6 Å². The van der Waals surface area contributed by atoms with Gasteiger partial charge in [0, 0.05) is 4.87 Å². The molecule has 0 aromatic heterocycles. The first-order chi connectivity index (χ1) is 14.1. The lowest BCUT2D eigenvalue weighted by Crippen LogP contribution is -2.48. The number of hydrogen-bond acceptors (Lipinski definition) is 3. The molecule has 3 unspecified atom stereocenters. The van der Waals surface area contributed by atoms with Crippen LogP contribution in [0.2, 0.25) is 0 Å². The molecule has 3 nitrogen and oxygen atoms in total. The van der Waals surface area contributed by atoms with E-state index >= 15 is 0 Å². The number of halogens is 1. The molecule has 0 radical (unpaired) electrons. The molecule has 1 N–H and O–H groups in total. The SMILES string of the molecule is Oc1cccc(C(COc2ccccc2)OC=C2C3CC4CC2CC(Cl)(C4)C3)c1. The zero-order valence-electron chi connectivity index (χ0n) is 16.5. The smallest absolute Gasteiger partial charge is 0.157 e. The van der Waals surface area contributed by atoms with Crippen LogP contribution >= 0.6 is 11.6 Å². The highest BCUT2D eigenvalue weighted by atomic mass is 35.5. The van der Waals surface area contributed by atoms with Gasteiger partial charge in [-0.1, -0.05) is 30.3 Å². The molecule has 4 bridgehead atoms. The number of phenolic OH excluding ortho intramolecular Hbond substituents is 1. The number of rotatable bonds is 6. The van der Waals surface area contributed by atoms with E-state index in [1.165, 1.54) is 24.8 Å². The van der Waals surface area contributed by atoms with Gasteiger partial charge in [-0.05, 0) is 85.3 Å². The molecule has 4 aliphatic carbocycles. The molecule has 0 spiro atoms. The minimum Gasteiger partial charge on any atom is -0.508 e. The first-order valence-electron chi connectivity index (χ1n) is 10.6. The van der Waals surface area contributed by atoms with Crippen LogP contribution in [0, 0.1) is 17.8 Å². The summed E-state index contributed by atoms with van der Waals surface area (Å²) >= 11 is 6.87. The molecule has 3 atom stereocenters. The van der Waals surface area contributed by atoms with Gasteiger partial charge in [-0.3, -0.25) is 0 Å². The fourth-order valence-corrected chi connectivity index (χ4v) is 6.30. The van der Waals surface area contributed by atoms with Crippen molar-refractivity contribution in [3.05, 3.63) is 72.0 Å². The number of benzene rings is 2. The van der Waals surface area contributed by atoms with E-state index in [-0.39, 0.29) is 16.7 Å². The second kappa shape index (κ2) is 7.60. The summed E-state index contributed by atoms with van der Waals surface area (Å²) in [6.07, 6.45) is 7.55. The molecule has 4 aliphatic rings. The second-order valence-corrected chi connectivity index (χ2v) is 9.76. The first kappa shape index (κ1) is 18.9. The Hall–Kier alpha value is -2.13. The molecule has 0 aliphatic heterocycles. The molecular weight excluding hydrogens is 384 g/mol. The Balaban J connectivity index is 1.35. The number of para-hydroxylation sites is 1. The van der Waals surface area contributed by atoms with Crippen molar-refractivity contribution in [2.45, 2.75) is 43.1 Å². The monoisotopic (exact) mass is 410 g/mol. The molecule has 6 rings (SSSR count). The Morgan fingerprint density at radius 3 is 2.48 bits per heavy atom. The maximum absolute atomic E-state index is 9.93. The molecule has 2 aromatic rings. The predicted octanol–water partition coefficient (Wildman–Crippen LogP) is 6.23. The quantitative estimate of drug-likeness (QED) is 0.453. The fraction of sp³-hybridized carbons (Fsp3) is 0.440. The molecule has 152 valence electrons. The lowest BCUT2D eigenvalue weighted by Gasteiger charge is -2.55. The molecule has 4 fully saturated rings. The van der Waals surface area contributed by atoms with Crippen molar-refractivity contribution in [1.29, 1.82) is 0 Å². The highest BCUT2D eigenvalue weighted by Crippen LogP contribution is 2.60. The molecule has 0 amide bonds. The van der Waals surface area contributed by atoms with E-state index in [1.807, 2.05) is 48.7 Å². The average Bonchev–Trinajstić information content (AvgIpc) is 2.69. The van der Waals surface area contributed by atoms with Crippen molar-refractivity contribution in [3.63, 3.8) is 0 Å². The maximum atomic E-state index is 9.93. The van der Waals surface area contributed by atoms with Crippen LogP contribution in [0.5, 0.6) is 11.5 Å². The molecule has 2 aromatic carbocycles. The minimum absolute atomic E-state index is 0.0227. The van der Waals surface area contributed by atoms with Crippen LogP contribution in [0.25, 0.3) is 0 Å². The number of hydrogen-bond donors (Lipinski definition) is 1. The summed E-state index contributed by atoms with van der Waals surface area (Å²) in [7, 11) is 0. The highest BCUT2D eigenvalue weighted by Gasteiger charge is 2.52. The number of allylic oxidation sites excluding steroid dienone is 1. The normalized spacial score (nSPS) is 30.8. The molecular formula is C25H27ClO3. The van der Waals surface area contributed by atoms with Crippen LogP contribution in [0.15, 0.2) is 66.4 Å². The van der Waals surface area contributed by atoms with Crippen molar-refractivity contribution >= 4 is 11.6 Å². The number of aromatic hydroxyl groups is 1. The van der Waals surface area contributed by atoms with E-state index in [9.17, 15) is 5.11 Å². The molecule has 4 saturated carbocycles. The van der Waals surface area contributed by atoms with Gasteiger partial charge in [0.25, 0.3) is 0 Å². The first-order valence-corrected chi connectivity index (χ1v) is 11.0. The lowest BCUT2D eigenvalue weighted by atomic mass is 9.54. The van der Waals surface area contributed by atoms with Crippen molar-refractivity contribution in [2.75, 3.05) is 6.61 Å². The molecule has 0 heterocycles. The molecule has 4 heteroatoms. The summed E-state index contributed by atoms with van der Waals surface area (Å²) in [6, 6.07) is 17.0. The van der Waals surface area contributed by atoms with E-state index in [4.69, 9.17) is 21.1 Å². The maximum Gasteiger partial charge on any atom is 0.157 e. The van der Waals surface area contributed by atoms with E-state index in [0.717, 1.165) is 30.1 Å². The number of phenols is 1. The van der Waals surface area contributed by atoms with Crippen LogP contribution in [0.3, 0.4) is 0 Å². The summed E-state index contributed by atoms with van der Waals surface area (Å²) in [4.78, 5) is 0.0227. The van der Waals surface area contributed by atoms with Gasteiger partial charge in [0.05, 0.1) is 6.26 Å². The highest BCUT2D eigenvalue weighted by molar-refractivity contribution is 6.24. The third kappa shape index (κ3) is 3.98. The zero-order chi connectivity index (χ0) is 19.8. The van der Waals surface area contributed by atoms with Gasteiger partial charge < -0.3 is 14.6 Å². The van der Waals surface area contributed by atoms with Crippen molar-refractivity contribution in [2.24, 2.45) is 17.8 Å². The van der Waals surface area contributed by atoms with Gasteiger partial charge in [0.15, 0.2) is 6.10 Å². The Bertz CT molecular complexity index is 876. The predicted molar refractivity (Wildman–Crippen MR) is 114 cm³/mol. The Morgan fingerprint density at radius 1 is 1.03 bits per heavy atom. The van der Waals surface area contributed by atoms with Crippen LogP contribution in [-0.2, 0) is 4.74 Å². The standard InChI is InChI=1S/C25H27ClO3/c26-25-12-17-9-19(13-25)23(20(10-17)14-25)15-29-24(18-5-4-6-21(27)11-18)16-28-22-7-2-1-3-8-22/h1-8,11,15,17,19-20,24,27H,9-10,12-14,16H2. The van der Waals surface area contributed by atoms with E-state index in [0.29, 0.717) is 18.4 Å². The Labute approximate surface area is 177 Å². The van der Waals surface area contributed by atoms with Crippen LogP contribution in [0.4, 0.5) is 0 Å². The van der Waals surface area contributed by atoms with Gasteiger partial charge >= 0.3 is 0 Å². The third-order valence-corrected chi connectivity index (χ3v) is 7.28. The van der Waals surface area contributed by atoms with E-state index in [2.05, 4.69) is 0 Å². The Morgan fingerprint density at radius 2 is 1.79 bits per heavy atom. The second-order valence-electron chi connectivity index (χ2n) is 8.96. The molecule has 29 heavy (non-hydrogen) atoms. The summed E-state index contributed by atoms with van der Waals surface area (Å²) < 4.78 is 12.3. The third-order valence-electron chi connectivity index (χ3n) is 6.81. The van der Waals surface area contributed by atoms with E-state index in [1.54, 1.807) is 12.1 Å². The van der Waals surface area contributed by atoms with Crippen molar-refractivity contribution in [3.8, 4) is 11.5 Å². The van der Waals surface area contributed by atoms with E-state index < -0.39 is 0 Å².